The summed E-state index contributed by atoms with van der Waals surface area (Å²) in [7, 11) is -4.08. The molecule has 0 saturated carbocycles. The van der Waals surface area contributed by atoms with E-state index < -0.39 is 37.2 Å². The average Bonchev–Trinajstić information content (AvgIpc) is 2.24. The van der Waals surface area contributed by atoms with Crippen molar-refractivity contribution in [2.24, 2.45) is 5.73 Å². The number of hydrogen-bond donors (Lipinski definition) is 2. The highest BCUT2D eigenvalue weighted by Gasteiger charge is 2.34. The monoisotopic (exact) mass is 366 g/mol. The van der Waals surface area contributed by atoms with Crippen LogP contribution in [0.5, 0.6) is 0 Å². The molecular formula is C11H15Cl2F3N2O2S. The molecule has 21 heavy (non-hydrogen) atoms. The Balaban J connectivity index is 0.00000400. The van der Waals surface area contributed by atoms with Crippen molar-refractivity contribution in [3.8, 4) is 0 Å². The lowest BCUT2D eigenvalue weighted by Gasteiger charge is -2.19. The van der Waals surface area contributed by atoms with Crippen molar-refractivity contribution in [2.45, 2.75) is 30.5 Å². The third-order valence-electron chi connectivity index (χ3n) is 2.27. The second-order valence-electron chi connectivity index (χ2n) is 4.95. The number of rotatable bonds is 4. The second kappa shape index (κ2) is 6.70. The lowest BCUT2D eigenvalue weighted by atomic mass is 10.1. The zero-order chi connectivity index (χ0) is 15.8. The summed E-state index contributed by atoms with van der Waals surface area (Å²) in [6.45, 7) is 3.05. The van der Waals surface area contributed by atoms with Crippen molar-refractivity contribution in [3.05, 3.63) is 28.8 Å². The molecule has 1 aromatic rings. The van der Waals surface area contributed by atoms with Crippen molar-refractivity contribution >= 4 is 34.0 Å². The van der Waals surface area contributed by atoms with E-state index in [4.69, 9.17) is 17.3 Å². The van der Waals surface area contributed by atoms with E-state index in [1.807, 2.05) is 0 Å². The largest absolute Gasteiger partial charge is 0.417 e. The molecule has 0 spiro atoms. The molecule has 0 radical (unpaired) electrons. The second-order valence-corrected chi connectivity index (χ2v) is 7.13. The van der Waals surface area contributed by atoms with Gasteiger partial charge in [-0.05, 0) is 32.0 Å². The van der Waals surface area contributed by atoms with E-state index in [1.54, 1.807) is 13.8 Å². The number of sulfonamides is 1. The summed E-state index contributed by atoms with van der Waals surface area (Å²) in [5, 5.41) is -0.560. The number of nitrogens with one attached hydrogen (secondary N) is 1. The molecule has 0 saturated heterocycles. The van der Waals surface area contributed by atoms with E-state index >= 15 is 0 Å². The van der Waals surface area contributed by atoms with Crippen molar-refractivity contribution in [3.63, 3.8) is 0 Å². The molecule has 0 bridgehead atoms. The minimum Gasteiger partial charge on any atom is -0.324 e. The fourth-order valence-corrected chi connectivity index (χ4v) is 2.73. The predicted octanol–water partition coefficient (Wildman–Crippen LogP) is 2.80. The number of alkyl halides is 3. The van der Waals surface area contributed by atoms with E-state index in [-0.39, 0.29) is 19.0 Å². The van der Waals surface area contributed by atoms with Crippen LogP contribution in [0.1, 0.15) is 19.4 Å². The molecule has 0 aliphatic heterocycles. The van der Waals surface area contributed by atoms with E-state index in [2.05, 4.69) is 4.72 Å². The third kappa shape index (κ3) is 5.99. The SMILES string of the molecule is CC(C)(N)CNS(=O)(=O)c1ccc(Cl)c(C(F)(F)F)c1.Cl. The summed E-state index contributed by atoms with van der Waals surface area (Å²) >= 11 is 5.43. The minimum absolute atomic E-state index is 0. The fraction of sp³-hybridized carbons (Fsp3) is 0.455. The zero-order valence-corrected chi connectivity index (χ0v) is 13.6. The highest BCUT2D eigenvalue weighted by atomic mass is 35.5. The molecule has 0 heterocycles. The fourth-order valence-electron chi connectivity index (χ4n) is 1.25. The quantitative estimate of drug-likeness (QED) is 0.860. The molecule has 0 aromatic heterocycles. The number of hydrogen-bond acceptors (Lipinski definition) is 3. The maximum Gasteiger partial charge on any atom is 0.417 e. The number of halogens is 5. The van der Waals surface area contributed by atoms with Gasteiger partial charge in [0.25, 0.3) is 0 Å². The Morgan fingerprint density at radius 2 is 1.81 bits per heavy atom. The van der Waals surface area contributed by atoms with Gasteiger partial charge in [-0.2, -0.15) is 13.2 Å². The smallest absolute Gasteiger partial charge is 0.324 e. The van der Waals surface area contributed by atoms with Gasteiger partial charge in [0.05, 0.1) is 15.5 Å². The molecule has 0 aliphatic carbocycles. The summed E-state index contributed by atoms with van der Waals surface area (Å²) in [5.74, 6) is 0. The van der Waals surface area contributed by atoms with Crippen molar-refractivity contribution in [1.82, 2.24) is 4.72 Å². The Morgan fingerprint density at radius 1 is 1.29 bits per heavy atom. The van der Waals surface area contributed by atoms with Crippen molar-refractivity contribution in [2.75, 3.05) is 6.54 Å². The predicted molar refractivity (Wildman–Crippen MR) is 77.2 cm³/mol. The van der Waals surface area contributed by atoms with Crippen LogP contribution in [-0.4, -0.2) is 20.5 Å². The average molecular weight is 367 g/mol. The first-order valence-corrected chi connectivity index (χ1v) is 7.34. The van der Waals surface area contributed by atoms with Gasteiger partial charge in [-0.25, -0.2) is 13.1 Å². The minimum atomic E-state index is -4.73. The van der Waals surface area contributed by atoms with E-state index in [0.29, 0.717) is 6.07 Å². The van der Waals surface area contributed by atoms with Gasteiger partial charge in [0.1, 0.15) is 0 Å². The first kappa shape index (κ1) is 20.5. The number of nitrogens with two attached hydrogens (primary N) is 1. The molecule has 1 rings (SSSR count). The Labute approximate surface area is 132 Å². The molecular weight excluding hydrogens is 352 g/mol. The first-order chi connectivity index (χ1) is 8.83. The van der Waals surface area contributed by atoms with Crippen molar-refractivity contribution in [1.29, 1.82) is 0 Å². The number of benzene rings is 1. The lowest BCUT2D eigenvalue weighted by molar-refractivity contribution is -0.137. The summed E-state index contributed by atoms with van der Waals surface area (Å²) in [6, 6.07) is 2.39. The summed E-state index contributed by atoms with van der Waals surface area (Å²) in [5.41, 5.74) is 3.59. The van der Waals surface area contributed by atoms with Crippen LogP contribution in [0.2, 0.25) is 5.02 Å². The topological polar surface area (TPSA) is 72.2 Å². The summed E-state index contributed by atoms with van der Waals surface area (Å²) in [6.07, 6.45) is -4.73. The van der Waals surface area contributed by atoms with Crippen LogP contribution in [-0.2, 0) is 16.2 Å². The van der Waals surface area contributed by atoms with Gasteiger partial charge >= 0.3 is 6.18 Å². The molecule has 0 fully saturated rings. The van der Waals surface area contributed by atoms with Crippen LogP contribution >= 0.6 is 24.0 Å². The van der Waals surface area contributed by atoms with Gasteiger partial charge < -0.3 is 5.73 Å². The molecule has 0 amide bonds. The normalized spacial score (nSPS) is 12.9. The van der Waals surface area contributed by atoms with Gasteiger partial charge in [0, 0.05) is 12.1 Å². The maximum atomic E-state index is 12.7. The Hall–Kier alpha value is -0.540. The van der Waals surface area contributed by atoms with E-state index in [0.717, 1.165) is 12.1 Å². The Morgan fingerprint density at radius 3 is 2.24 bits per heavy atom. The third-order valence-corrected chi connectivity index (χ3v) is 4.00. The summed E-state index contributed by atoms with van der Waals surface area (Å²) in [4.78, 5) is -0.515. The highest BCUT2D eigenvalue weighted by molar-refractivity contribution is 7.89. The first-order valence-electron chi connectivity index (χ1n) is 5.48. The zero-order valence-electron chi connectivity index (χ0n) is 11.2. The van der Waals surface area contributed by atoms with Crippen LogP contribution in [0, 0.1) is 0 Å². The van der Waals surface area contributed by atoms with Gasteiger partial charge in [0.15, 0.2) is 0 Å². The van der Waals surface area contributed by atoms with E-state index in [9.17, 15) is 21.6 Å². The molecule has 0 atom stereocenters. The van der Waals surface area contributed by atoms with Crippen LogP contribution in [0.15, 0.2) is 23.1 Å². The van der Waals surface area contributed by atoms with Crippen molar-refractivity contribution < 1.29 is 21.6 Å². The van der Waals surface area contributed by atoms with Gasteiger partial charge in [-0.15, -0.1) is 12.4 Å². The molecule has 3 N–H and O–H groups in total. The van der Waals surface area contributed by atoms with Gasteiger partial charge in [-0.1, -0.05) is 11.6 Å². The lowest BCUT2D eigenvalue weighted by Crippen LogP contribution is -2.45. The highest BCUT2D eigenvalue weighted by Crippen LogP contribution is 2.35. The molecule has 1 aromatic carbocycles. The standard InChI is InChI=1S/C11H14ClF3N2O2S.ClH/c1-10(2,16)6-17-20(18,19)7-3-4-9(12)8(5-7)11(13,14)15;/h3-5,17H,6,16H2,1-2H3;1H. The Bertz CT molecular complexity index is 598. The van der Waals surface area contributed by atoms with Crippen LogP contribution in [0.4, 0.5) is 13.2 Å². The molecule has 10 heteroatoms. The molecule has 4 nitrogen and oxygen atoms in total. The maximum absolute atomic E-state index is 12.7. The molecule has 122 valence electrons. The van der Waals surface area contributed by atoms with E-state index in [1.165, 1.54) is 0 Å². The van der Waals surface area contributed by atoms with Crippen LogP contribution in [0.3, 0.4) is 0 Å². The van der Waals surface area contributed by atoms with Gasteiger partial charge in [0.2, 0.25) is 10.0 Å². The molecule has 0 unspecified atom stereocenters. The van der Waals surface area contributed by atoms with Crippen LogP contribution < -0.4 is 10.5 Å². The summed E-state index contributed by atoms with van der Waals surface area (Å²) < 4.78 is 64.0. The molecule has 0 aliphatic rings. The van der Waals surface area contributed by atoms with Gasteiger partial charge in [-0.3, -0.25) is 0 Å². The van der Waals surface area contributed by atoms with Crippen LogP contribution in [0.25, 0.3) is 0 Å². The Kier molecular flexibility index (Phi) is 6.53.